The summed E-state index contributed by atoms with van der Waals surface area (Å²) in [6, 6.07) is 4.33. The van der Waals surface area contributed by atoms with Crippen LogP contribution in [0.25, 0.3) is 5.78 Å². The van der Waals surface area contributed by atoms with Crippen LogP contribution in [-0.2, 0) is 6.42 Å². The Morgan fingerprint density at radius 3 is 2.75 bits per heavy atom. The number of nitrogens with two attached hydrogens (primary N) is 1. The molecule has 0 aliphatic heterocycles. The highest BCUT2D eigenvalue weighted by molar-refractivity contribution is 9.10. The Morgan fingerprint density at radius 1 is 1.33 bits per heavy atom. The maximum Gasteiger partial charge on any atom is 0.573 e. The molecule has 0 radical (unpaired) electrons. The van der Waals surface area contributed by atoms with Crippen LogP contribution in [0.3, 0.4) is 0 Å². The second-order valence-electron chi connectivity index (χ2n) is 5.02. The quantitative estimate of drug-likeness (QED) is 0.728. The summed E-state index contributed by atoms with van der Waals surface area (Å²) in [7, 11) is 0. The number of anilines is 1. The Labute approximate surface area is 142 Å². The van der Waals surface area contributed by atoms with Crippen LogP contribution in [0, 0.1) is 6.92 Å². The minimum atomic E-state index is -4.74. The minimum absolute atomic E-state index is 0.198. The number of fused-ring (bicyclic) bond motifs is 1. The van der Waals surface area contributed by atoms with Crippen LogP contribution in [0.2, 0.25) is 0 Å². The van der Waals surface area contributed by atoms with E-state index in [1.165, 1.54) is 23.0 Å². The van der Waals surface area contributed by atoms with Gasteiger partial charge in [0.2, 0.25) is 0 Å². The van der Waals surface area contributed by atoms with Crippen molar-refractivity contribution in [1.29, 1.82) is 0 Å². The van der Waals surface area contributed by atoms with Crippen molar-refractivity contribution in [3.8, 4) is 5.75 Å². The van der Waals surface area contributed by atoms with Gasteiger partial charge in [0, 0.05) is 17.7 Å². The highest BCUT2D eigenvalue weighted by atomic mass is 79.9. The number of alkyl halides is 3. The van der Waals surface area contributed by atoms with Gasteiger partial charge in [0.1, 0.15) is 17.9 Å². The van der Waals surface area contributed by atoms with Crippen LogP contribution < -0.4 is 10.5 Å². The third-order valence-corrected chi connectivity index (χ3v) is 3.99. The summed E-state index contributed by atoms with van der Waals surface area (Å²) in [5, 5.41) is 4.00. The maximum absolute atomic E-state index is 12.3. The Balaban J connectivity index is 1.93. The van der Waals surface area contributed by atoms with Gasteiger partial charge >= 0.3 is 6.36 Å². The fraction of sp³-hybridized carbons (Fsp3) is 0.214. The molecule has 0 amide bonds. The second kappa shape index (κ2) is 5.93. The molecular formula is C14H11BrF3N5O. The zero-order chi connectivity index (χ0) is 17.5. The van der Waals surface area contributed by atoms with Gasteiger partial charge in [-0.25, -0.2) is 4.98 Å². The zero-order valence-electron chi connectivity index (χ0n) is 12.3. The van der Waals surface area contributed by atoms with Crippen molar-refractivity contribution >= 4 is 27.5 Å². The highest BCUT2D eigenvalue weighted by Gasteiger charge is 2.32. The molecule has 0 fully saturated rings. The average Bonchev–Trinajstić information content (AvgIpc) is 2.93. The normalized spacial score (nSPS) is 11.9. The molecule has 3 aromatic rings. The second-order valence-corrected chi connectivity index (χ2v) is 5.88. The van der Waals surface area contributed by atoms with Gasteiger partial charge in [-0.2, -0.15) is 14.6 Å². The Hall–Kier alpha value is -2.36. The van der Waals surface area contributed by atoms with E-state index in [0.717, 1.165) is 11.1 Å². The van der Waals surface area contributed by atoms with Crippen molar-refractivity contribution < 1.29 is 17.9 Å². The van der Waals surface area contributed by atoms with Crippen molar-refractivity contribution in [3.63, 3.8) is 0 Å². The lowest BCUT2D eigenvalue weighted by molar-refractivity contribution is -0.274. The van der Waals surface area contributed by atoms with E-state index < -0.39 is 6.36 Å². The van der Waals surface area contributed by atoms with Gasteiger partial charge in [0.05, 0.1) is 4.47 Å². The molecule has 10 heteroatoms. The topological polar surface area (TPSA) is 78.3 Å². The zero-order valence-corrected chi connectivity index (χ0v) is 13.9. The van der Waals surface area contributed by atoms with Crippen molar-refractivity contribution in [3.05, 3.63) is 45.8 Å². The van der Waals surface area contributed by atoms with Crippen molar-refractivity contribution in [2.45, 2.75) is 19.7 Å². The summed E-state index contributed by atoms with van der Waals surface area (Å²) in [6.07, 6.45) is -3.01. The third-order valence-electron chi connectivity index (χ3n) is 3.37. The minimum Gasteiger partial charge on any atom is -0.405 e. The summed E-state index contributed by atoms with van der Waals surface area (Å²) in [5.41, 5.74) is 8.25. The molecule has 2 heterocycles. The molecule has 6 nitrogen and oxygen atoms in total. The SMILES string of the molecule is Cc1nc2ncnn2c(N)c1Cc1ccc(OC(F)(F)F)c(Br)c1. The predicted molar refractivity (Wildman–Crippen MR) is 83.6 cm³/mol. The molecule has 0 aliphatic rings. The first-order valence-corrected chi connectivity index (χ1v) is 7.53. The summed E-state index contributed by atoms with van der Waals surface area (Å²) >= 11 is 3.08. The van der Waals surface area contributed by atoms with Crippen LogP contribution in [0.5, 0.6) is 5.75 Å². The van der Waals surface area contributed by atoms with E-state index in [1.807, 2.05) is 0 Å². The van der Waals surface area contributed by atoms with Crippen molar-refractivity contribution in [2.24, 2.45) is 0 Å². The van der Waals surface area contributed by atoms with E-state index in [-0.39, 0.29) is 10.2 Å². The smallest absolute Gasteiger partial charge is 0.405 e. The molecule has 0 saturated heterocycles. The van der Waals surface area contributed by atoms with Crippen LogP contribution in [0.1, 0.15) is 16.8 Å². The predicted octanol–water partition coefficient (Wildman–Crippen LogP) is 3.27. The van der Waals surface area contributed by atoms with Gasteiger partial charge in [-0.05, 0) is 40.5 Å². The molecule has 24 heavy (non-hydrogen) atoms. The number of ether oxygens (including phenoxy) is 1. The molecule has 0 atom stereocenters. The molecule has 0 bridgehead atoms. The van der Waals surface area contributed by atoms with Crippen LogP contribution >= 0.6 is 15.9 Å². The summed E-state index contributed by atoms with van der Waals surface area (Å²) in [6.45, 7) is 1.79. The average molecular weight is 402 g/mol. The Kier molecular flexibility index (Phi) is 4.08. The van der Waals surface area contributed by atoms with E-state index >= 15 is 0 Å². The first-order valence-electron chi connectivity index (χ1n) is 6.73. The molecule has 2 N–H and O–H groups in total. The molecule has 2 aromatic heterocycles. The molecule has 0 aliphatic carbocycles. The standard InChI is InChI=1S/C14H11BrF3N5O/c1-7-9(12(19)23-13(22-7)20-6-21-23)4-8-2-3-11(10(15)5-8)24-14(16,17)18/h2-3,5-6H,4,19H2,1H3. The Bertz CT molecular complexity index is 909. The fourth-order valence-electron chi connectivity index (χ4n) is 2.30. The lowest BCUT2D eigenvalue weighted by Crippen LogP contribution is -2.17. The molecule has 0 spiro atoms. The molecule has 3 rings (SSSR count). The highest BCUT2D eigenvalue weighted by Crippen LogP contribution is 2.32. The molecule has 1 aromatic carbocycles. The molecule has 0 unspecified atom stereocenters. The van der Waals surface area contributed by atoms with Gasteiger partial charge in [-0.15, -0.1) is 13.2 Å². The van der Waals surface area contributed by atoms with Gasteiger partial charge in [-0.1, -0.05) is 6.07 Å². The summed E-state index contributed by atoms with van der Waals surface area (Å²) in [4.78, 5) is 8.28. The number of hydrogen-bond acceptors (Lipinski definition) is 5. The van der Waals surface area contributed by atoms with E-state index in [0.29, 0.717) is 23.7 Å². The first kappa shape index (κ1) is 16.5. The van der Waals surface area contributed by atoms with Crippen LogP contribution in [-0.4, -0.2) is 25.9 Å². The lowest BCUT2D eigenvalue weighted by atomic mass is 10.0. The monoisotopic (exact) mass is 401 g/mol. The van der Waals surface area contributed by atoms with Gasteiger partial charge in [-0.3, -0.25) is 0 Å². The summed E-state index contributed by atoms with van der Waals surface area (Å²) in [5.74, 6) is 0.478. The third kappa shape index (κ3) is 3.28. The number of benzene rings is 1. The van der Waals surface area contributed by atoms with Crippen LogP contribution in [0.4, 0.5) is 19.0 Å². The largest absolute Gasteiger partial charge is 0.573 e. The first-order chi connectivity index (χ1) is 11.2. The van der Waals surface area contributed by atoms with Crippen LogP contribution in [0.15, 0.2) is 29.0 Å². The number of nitrogen functional groups attached to an aromatic ring is 1. The maximum atomic E-state index is 12.3. The molecule has 126 valence electrons. The number of aromatic nitrogens is 4. The van der Waals surface area contributed by atoms with E-state index in [4.69, 9.17) is 5.73 Å². The molecular weight excluding hydrogens is 391 g/mol. The number of halogens is 4. The summed E-state index contributed by atoms with van der Waals surface area (Å²) < 4.78 is 42.5. The number of rotatable bonds is 3. The van der Waals surface area contributed by atoms with Crippen molar-refractivity contribution in [2.75, 3.05) is 5.73 Å². The van der Waals surface area contributed by atoms with Gasteiger partial charge < -0.3 is 10.5 Å². The fourth-order valence-corrected chi connectivity index (χ4v) is 2.80. The number of hydrogen-bond donors (Lipinski definition) is 1. The van der Waals surface area contributed by atoms with Gasteiger partial charge in [0.25, 0.3) is 5.78 Å². The van der Waals surface area contributed by atoms with E-state index in [9.17, 15) is 13.2 Å². The molecule has 0 saturated carbocycles. The lowest BCUT2D eigenvalue weighted by Gasteiger charge is -2.13. The van der Waals surface area contributed by atoms with E-state index in [2.05, 4.69) is 35.7 Å². The Morgan fingerprint density at radius 2 is 2.08 bits per heavy atom. The van der Waals surface area contributed by atoms with Gasteiger partial charge in [0.15, 0.2) is 0 Å². The number of aryl methyl sites for hydroxylation is 1. The van der Waals surface area contributed by atoms with E-state index in [1.54, 1.807) is 13.0 Å². The van der Waals surface area contributed by atoms with Crippen molar-refractivity contribution in [1.82, 2.24) is 19.6 Å². The number of nitrogens with zero attached hydrogens (tertiary/aromatic N) is 4.